The van der Waals surface area contributed by atoms with Crippen molar-refractivity contribution in [1.29, 1.82) is 5.26 Å². The van der Waals surface area contributed by atoms with Crippen LogP contribution < -0.4 is 5.32 Å². The zero-order valence-electron chi connectivity index (χ0n) is 10.3. The van der Waals surface area contributed by atoms with Gasteiger partial charge in [-0.3, -0.25) is 0 Å². The molecule has 1 aromatic rings. The van der Waals surface area contributed by atoms with E-state index in [1.54, 1.807) is 0 Å². The molecule has 2 heterocycles. The van der Waals surface area contributed by atoms with E-state index in [1.807, 2.05) is 19.9 Å². The molecule has 1 N–H and O–H groups in total. The lowest BCUT2D eigenvalue weighted by Crippen LogP contribution is -2.20. The van der Waals surface area contributed by atoms with Gasteiger partial charge in [0, 0.05) is 18.8 Å². The topological polar surface area (TPSA) is 57.9 Å². The van der Waals surface area contributed by atoms with Crippen molar-refractivity contribution in [1.82, 2.24) is 4.98 Å². The van der Waals surface area contributed by atoms with Crippen LogP contribution in [0, 0.1) is 25.2 Å². The van der Waals surface area contributed by atoms with Crippen LogP contribution in [0.1, 0.15) is 29.7 Å². The predicted octanol–water partition coefficient (Wildman–Crippen LogP) is 2.16. The van der Waals surface area contributed by atoms with Crippen LogP contribution >= 0.6 is 0 Å². The number of aryl methyl sites for hydroxylation is 2. The van der Waals surface area contributed by atoms with Crippen LogP contribution in [-0.2, 0) is 4.74 Å². The summed E-state index contributed by atoms with van der Waals surface area (Å²) >= 11 is 0. The number of rotatable bonds is 3. The van der Waals surface area contributed by atoms with E-state index in [4.69, 9.17) is 10.00 Å². The van der Waals surface area contributed by atoms with Crippen molar-refractivity contribution in [3.63, 3.8) is 0 Å². The second-order valence-electron chi connectivity index (χ2n) is 4.43. The average Bonchev–Trinajstić information content (AvgIpc) is 2.78. The van der Waals surface area contributed by atoms with Crippen LogP contribution in [0.25, 0.3) is 0 Å². The molecule has 0 saturated carbocycles. The van der Waals surface area contributed by atoms with Gasteiger partial charge in [-0.25, -0.2) is 4.98 Å². The molecule has 2 rings (SSSR count). The summed E-state index contributed by atoms with van der Waals surface area (Å²) in [5, 5.41) is 12.4. The van der Waals surface area contributed by atoms with E-state index in [0.29, 0.717) is 11.4 Å². The standard InChI is InChI=1S/C13H17N3O/c1-9-6-10(2)16-13(12(9)7-14)15-8-11-4-3-5-17-11/h6,11H,3-5,8H2,1-2H3,(H,15,16). The van der Waals surface area contributed by atoms with Gasteiger partial charge in [0.15, 0.2) is 0 Å². The third-order valence-corrected chi connectivity index (χ3v) is 2.98. The summed E-state index contributed by atoms with van der Waals surface area (Å²) in [6.45, 7) is 5.44. The fraction of sp³-hybridized carbons (Fsp3) is 0.538. The Labute approximate surface area is 102 Å². The molecule has 4 heteroatoms. The first-order chi connectivity index (χ1) is 8.20. The maximum absolute atomic E-state index is 9.12. The molecule has 1 aliphatic rings. The minimum atomic E-state index is 0.254. The summed E-state index contributed by atoms with van der Waals surface area (Å²) in [7, 11) is 0. The Bertz CT molecular complexity index is 445. The number of hydrogen-bond acceptors (Lipinski definition) is 4. The summed E-state index contributed by atoms with van der Waals surface area (Å²) in [6.07, 6.45) is 2.46. The van der Waals surface area contributed by atoms with Gasteiger partial charge in [0.05, 0.1) is 11.7 Å². The molecule has 1 atom stereocenters. The summed E-state index contributed by atoms with van der Waals surface area (Å²) < 4.78 is 5.54. The van der Waals surface area contributed by atoms with Crippen LogP contribution in [0.15, 0.2) is 6.07 Å². The number of pyridine rings is 1. The van der Waals surface area contributed by atoms with Crippen molar-refractivity contribution in [2.24, 2.45) is 0 Å². The average molecular weight is 231 g/mol. The quantitative estimate of drug-likeness (QED) is 0.866. The fourth-order valence-electron chi connectivity index (χ4n) is 2.12. The lowest BCUT2D eigenvalue weighted by molar-refractivity contribution is 0.120. The molecular formula is C13H17N3O. The van der Waals surface area contributed by atoms with Gasteiger partial charge in [-0.1, -0.05) is 0 Å². The first-order valence-electron chi connectivity index (χ1n) is 5.94. The fourth-order valence-corrected chi connectivity index (χ4v) is 2.12. The van der Waals surface area contributed by atoms with E-state index < -0.39 is 0 Å². The van der Waals surface area contributed by atoms with Crippen molar-refractivity contribution in [2.75, 3.05) is 18.5 Å². The zero-order chi connectivity index (χ0) is 12.3. The van der Waals surface area contributed by atoms with Crippen molar-refractivity contribution in [3.05, 3.63) is 22.9 Å². The number of nitriles is 1. The molecule has 0 aromatic carbocycles. The van der Waals surface area contributed by atoms with E-state index in [2.05, 4.69) is 16.4 Å². The number of anilines is 1. The molecule has 4 nitrogen and oxygen atoms in total. The van der Waals surface area contributed by atoms with Crippen LogP contribution in [0.2, 0.25) is 0 Å². The van der Waals surface area contributed by atoms with Crippen LogP contribution in [0.3, 0.4) is 0 Å². The second kappa shape index (κ2) is 5.15. The summed E-state index contributed by atoms with van der Waals surface area (Å²) in [5.41, 5.74) is 2.53. The summed E-state index contributed by atoms with van der Waals surface area (Å²) in [6, 6.07) is 4.13. The lowest BCUT2D eigenvalue weighted by Gasteiger charge is -2.13. The summed E-state index contributed by atoms with van der Waals surface area (Å²) in [5.74, 6) is 0.681. The molecular weight excluding hydrogens is 214 g/mol. The number of hydrogen-bond donors (Lipinski definition) is 1. The number of nitrogens with zero attached hydrogens (tertiary/aromatic N) is 2. The minimum Gasteiger partial charge on any atom is -0.376 e. The van der Waals surface area contributed by atoms with Gasteiger partial charge < -0.3 is 10.1 Å². The van der Waals surface area contributed by atoms with Gasteiger partial charge in [0.1, 0.15) is 11.9 Å². The van der Waals surface area contributed by atoms with Gasteiger partial charge in [-0.2, -0.15) is 5.26 Å². The maximum Gasteiger partial charge on any atom is 0.144 e. The van der Waals surface area contributed by atoms with Crippen LogP contribution in [0.4, 0.5) is 5.82 Å². The molecule has 1 unspecified atom stereocenters. The SMILES string of the molecule is Cc1cc(C)c(C#N)c(NCC2CCCO2)n1. The van der Waals surface area contributed by atoms with Crippen molar-refractivity contribution in [3.8, 4) is 6.07 Å². The molecule has 0 bridgehead atoms. The largest absolute Gasteiger partial charge is 0.376 e. The van der Waals surface area contributed by atoms with Gasteiger partial charge in [-0.05, 0) is 38.3 Å². The van der Waals surface area contributed by atoms with Gasteiger partial charge in [0.25, 0.3) is 0 Å². The van der Waals surface area contributed by atoms with Crippen molar-refractivity contribution in [2.45, 2.75) is 32.8 Å². The first-order valence-corrected chi connectivity index (χ1v) is 5.94. The van der Waals surface area contributed by atoms with Crippen molar-refractivity contribution >= 4 is 5.82 Å². The second-order valence-corrected chi connectivity index (χ2v) is 4.43. The number of nitrogens with one attached hydrogen (secondary N) is 1. The molecule has 90 valence electrons. The van der Waals surface area contributed by atoms with E-state index in [0.717, 1.165) is 37.3 Å². The highest BCUT2D eigenvalue weighted by molar-refractivity contribution is 5.56. The van der Waals surface area contributed by atoms with E-state index in [-0.39, 0.29) is 6.10 Å². The Hall–Kier alpha value is -1.60. The van der Waals surface area contributed by atoms with E-state index >= 15 is 0 Å². The molecule has 1 aliphatic heterocycles. The zero-order valence-corrected chi connectivity index (χ0v) is 10.3. The molecule has 17 heavy (non-hydrogen) atoms. The molecule has 1 aromatic heterocycles. The normalized spacial score (nSPS) is 19.0. The molecule has 1 saturated heterocycles. The van der Waals surface area contributed by atoms with Gasteiger partial charge >= 0.3 is 0 Å². The Kier molecular flexibility index (Phi) is 3.60. The van der Waals surface area contributed by atoms with E-state index in [9.17, 15) is 0 Å². The Balaban J connectivity index is 2.11. The minimum absolute atomic E-state index is 0.254. The maximum atomic E-state index is 9.12. The smallest absolute Gasteiger partial charge is 0.144 e. The summed E-state index contributed by atoms with van der Waals surface area (Å²) in [4.78, 5) is 4.38. The molecule has 0 radical (unpaired) electrons. The third-order valence-electron chi connectivity index (χ3n) is 2.98. The van der Waals surface area contributed by atoms with Gasteiger partial charge in [0.2, 0.25) is 0 Å². The third kappa shape index (κ3) is 2.75. The highest BCUT2D eigenvalue weighted by atomic mass is 16.5. The number of aromatic nitrogens is 1. The lowest BCUT2D eigenvalue weighted by atomic mass is 10.1. The highest BCUT2D eigenvalue weighted by Gasteiger charge is 2.16. The molecule has 0 spiro atoms. The van der Waals surface area contributed by atoms with Crippen LogP contribution in [-0.4, -0.2) is 24.2 Å². The Morgan fingerprint density at radius 1 is 1.59 bits per heavy atom. The van der Waals surface area contributed by atoms with E-state index in [1.165, 1.54) is 0 Å². The molecule has 0 amide bonds. The van der Waals surface area contributed by atoms with Gasteiger partial charge in [-0.15, -0.1) is 0 Å². The highest BCUT2D eigenvalue weighted by Crippen LogP contribution is 2.19. The monoisotopic (exact) mass is 231 g/mol. The Morgan fingerprint density at radius 2 is 2.41 bits per heavy atom. The molecule has 0 aliphatic carbocycles. The molecule has 1 fully saturated rings. The Morgan fingerprint density at radius 3 is 3.06 bits per heavy atom. The predicted molar refractivity (Wildman–Crippen MR) is 65.9 cm³/mol. The van der Waals surface area contributed by atoms with Crippen LogP contribution in [0.5, 0.6) is 0 Å². The first kappa shape index (κ1) is 11.9. The number of ether oxygens (including phenoxy) is 1. The van der Waals surface area contributed by atoms with Crippen molar-refractivity contribution < 1.29 is 4.74 Å².